The average molecular weight is 620 g/mol. The second kappa shape index (κ2) is 35.9. The highest BCUT2D eigenvalue weighted by molar-refractivity contribution is 5.70. The maximum Gasteiger partial charge on any atom is 0.306 e. The Kier molecular flexibility index (Phi) is 34.5. The molecule has 2 N–H and O–H groups in total. The number of allylic oxidation sites excluding steroid dienone is 4. The maximum atomic E-state index is 12.2. The fraction of sp³-hybridized carbons (Fsp3) is 0.846. The molecule has 0 radical (unpaired) electrons. The molecule has 0 amide bonds. The SMILES string of the molecule is CCCCCCCC/C=C\CCCCCCCC(=O)OC[C@H](CN)OC(=O)CCCCCCC/C=C\CCCCCCCC. The van der Waals surface area contributed by atoms with Gasteiger partial charge in [0.1, 0.15) is 12.7 Å². The Morgan fingerprint density at radius 2 is 0.841 bits per heavy atom. The van der Waals surface area contributed by atoms with Crippen molar-refractivity contribution >= 4 is 11.9 Å². The van der Waals surface area contributed by atoms with Gasteiger partial charge in [-0.05, 0) is 64.2 Å². The number of rotatable bonds is 34. The maximum absolute atomic E-state index is 12.2. The van der Waals surface area contributed by atoms with Crippen molar-refractivity contribution in [2.45, 2.75) is 200 Å². The van der Waals surface area contributed by atoms with Crippen LogP contribution in [0.15, 0.2) is 24.3 Å². The first-order chi connectivity index (χ1) is 21.6. The Morgan fingerprint density at radius 1 is 0.500 bits per heavy atom. The molecule has 0 aromatic heterocycles. The van der Waals surface area contributed by atoms with E-state index >= 15 is 0 Å². The molecule has 0 spiro atoms. The molecule has 0 bridgehead atoms. The van der Waals surface area contributed by atoms with Crippen LogP contribution in [0.2, 0.25) is 0 Å². The Labute approximate surface area is 273 Å². The second-order valence-electron chi connectivity index (χ2n) is 12.7. The lowest BCUT2D eigenvalue weighted by molar-refractivity contribution is -0.158. The summed E-state index contributed by atoms with van der Waals surface area (Å²) in [6.07, 6.45) is 41.6. The van der Waals surface area contributed by atoms with E-state index in [2.05, 4.69) is 38.2 Å². The lowest BCUT2D eigenvalue weighted by Crippen LogP contribution is -2.32. The van der Waals surface area contributed by atoms with Gasteiger partial charge in [-0.3, -0.25) is 9.59 Å². The zero-order chi connectivity index (χ0) is 32.2. The molecule has 5 heteroatoms. The largest absolute Gasteiger partial charge is 0.462 e. The Morgan fingerprint density at radius 3 is 1.23 bits per heavy atom. The first-order valence-electron chi connectivity index (χ1n) is 19.0. The molecule has 0 aromatic rings. The van der Waals surface area contributed by atoms with Crippen LogP contribution in [0, 0.1) is 0 Å². The summed E-state index contributed by atoms with van der Waals surface area (Å²) in [4.78, 5) is 24.3. The third-order valence-electron chi connectivity index (χ3n) is 8.28. The quantitative estimate of drug-likeness (QED) is 0.0440. The van der Waals surface area contributed by atoms with E-state index in [-0.39, 0.29) is 25.1 Å². The van der Waals surface area contributed by atoms with Crippen LogP contribution >= 0.6 is 0 Å². The Balaban J connectivity index is 3.58. The first kappa shape index (κ1) is 42.4. The summed E-state index contributed by atoms with van der Waals surface area (Å²) in [5, 5.41) is 0. The molecule has 258 valence electrons. The van der Waals surface area contributed by atoms with Crippen LogP contribution in [0.3, 0.4) is 0 Å². The predicted molar refractivity (Wildman–Crippen MR) is 189 cm³/mol. The molecule has 0 unspecified atom stereocenters. The number of carbonyl (C=O) groups is 2. The second-order valence-corrected chi connectivity index (χ2v) is 12.7. The van der Waals surface area contributed by atoms with Crippen molar-refractivity contribution in [1.82, 2.24) is 0 Å². The van der Waals surface area contributed by atoms with E-state index in [1.54, 1.807) is 0 Å². The van der Waals surface area contributed by atoms with Gasteiger partial charge in [0, 0.05) is 19.4 Å². The molecule has 0 heterocycles. The van der Waals surface area contributed by atoms with Crippen LogP contribution in [0.4, 0.5) is 0 Å². The lowest BCUT2D eigenvalue weighted by Gasteiger charge is -2.16. The number of unbranched alkanes of at least 4 members (excludes halogenated alkanes) is 22. The minimum atomic E-state index is -0.552. The summed E-state index contributed by atoms with van der Waals surface area (Å²) in [6.45, 7) is 4.74. The highest BCUT2D eigenvalue weighted by atomic mass is 16.6. The summed E-state index contributed by atoms with van der Waals surface area (Å²) in [5.41, 5.74) is 5.75. The number of hydrogen-bond donors (Lipinski definition) is 1. The third kappa shape index (κ3) is 33.3. The van der Waals surface area contributed by atoms with Crippen LogP contribution < -0.4 is 5.73 Å². The summed E-state index contributed by atoms with van der Waals surface area (Å²) >= 11 is 0. The fourth-order valence-electron chi connectivity index (χ4n) is 5.33. The average Bonchev–Trinajstić information content (AvgIpc) is 3.02. The summed E-state index contributed by atoms with van der Waals surface area (Å²) in [5.74, 6) is -0.472. The number of nitrogens with two attached hydrogens (primary N) is 1. The summed E-state index contributed by atoms with van der Waals surface area (Å²) in [6, 6.07) is 0. The van der Waals surface area contributed by atoms with E-state index in [0.29, 0.717) is 12.8 Å². The molecule has 0 aliphatic rings. The molecule has 5 nitrogen and oxygen atoms in total. The van der Waals surface area contributed by atoms with E-state index in [1.165, 1.54) is 116 Å². The topological polar surface area (TPSA) is 78.6 Å². The van der Waals surface area contributed by atoms with E-state index in [1.807, 2.05) is 0 Å². The van der Waals surface area contributed by atoms with Crippen LogP contribution in [0.1, 0.15) is 194 Å². The zero-order valence-electron chi connectivity index (χ0n) is 29.3. The van der Waals surface area contributed by atoms with Gasteiger partial charge in [-0.1, -0.05) is 141 Å². The number of hydrogen-bond acceptors (Lipinski definition) is 5. The van der Waals surface area contributed by atoms with Crippen molar-refractivity contribution in [2.75, 3.05) is 13.2 Å². The molecule has 0 rings (SSSR count). The van der Waals surface area contributed by atoms with Gasteiger partial charge >= 0.3 is 11.9 Å². The van der Waals surface area contributed by atoms with Gasteiger partial charge < -0.3 is 15.2 Å². The smallest absolute Gasteiger partial charge is 0.306 e. The minimum Gasteiger partial charge on any atom is -0.462 e. The van der Waals surface area contributed by atoms with Crippen molar-refractivity contribution in [1.29, 1.82) is 0 Å². The molecule has 44 heavy (non-hydrogen) atoms. The monoisotopic (exact) mass is 620 g/mol. The predicted octanol–water partition coefficient (Wildman–Crippen LogP) is 11.5. The van der Waals surface area contributed by atoms with Gasteiger partial charge in [-0.25, -0.2) is 0 Å². The molecular formula is C39H73NO4. The minimum absolute atomic E-state index is 0.0541. The van der Waals surface area contributed by atoms with Crippen molar-refractivity contribution in [2.24, 2.45) is 5.73 Å². The molecule has 0 saturated heterocycles. The van der Waals surface area contributed by atoms with Crippen LogP contribution in [-0.4, -0.2) is 31.2 Å². The van der Waals surface area contributed by atoms with Crippen molar-refractivity contribution in [3.8, 4) is 0 Å². The van der Waals surface area contributed by atoms with Gasteiger partial charge in [0.05, 0.1) is 0 Å². The zero-order valence-corrected chi connectivity index (χ0v) is 29.3. The molecule has 0 saturated carbocycles. The van der Waals surface area contributed by atoms with Crippen LogP contribution in [0.5, 0.6) is 0 Å². The van der Waals surface area contributed by atoms with Crippen LogP contribution in [-0.2, 0) is 19.1 Å². The van der Waals surface area contributed by atoms with E-state index in [9.17, 15) is 9.59 Å². The first-order valence-corrected chi connectivity index (χ1v) is 19.0. The normalized spacial score (nSPS) is 12.3. The Hall–Kier alpha value is -1.62. The van der Waals surface area contributed by atoms with Gasteiger partial charge in [0.2, 0.25) is 0 Å². The number of carbonyl (C=O) groups excluding carboxylic acids is 2. The highest BCUT2D eigenvalue weighted by Crippen LogP contribution is 2.12. The summed E-state index contributed by atoms with van der Waals surface area (Å²) in [7, 11) is 0. The van der Waals surface area contributed by atoms with Crippen LogP contribution in [0.25, 0.3) is 0 Å². The standard InChI is InChI=1S/C39H73NO4/c1-3-5-7-9-11-13-15-17-19-21-23-25-27-29-31-33-38(41)43-36-37(35-40)44-39(42)34-32-30-28-26-24-22-20-18-16-14-12-10-8-6-4-2/h17-20,37H,3-16,21-36,40H2,1-2H3/b19-17-,20-18-/t37-/m0/s1. The molecule has 0 aliphatic heterocycles. The molecule has 1 atom stereocenters. The lowest BCUT2D eigenvalue weighted by atomic mass is 10.1. The Bertz CT molecular complexity index is 675. The molecule has 0 fully saturated rings. The molecular weight excluding hydrogens is 546 g/mol. The van der Waals surface area contributed by atoms with Gasteiger partial charge in [0.25, 0.3) is 0 Å². The van der Waals surface area contributed by atoms with E-state index < -0.39 is 6.10 Å². The van der Waals surface area contributed by atoms with Gasteiger partial charge in [-0.2, -0.15) is 0 Å². The van der Waals surface area contributed by atoms with Crippen molar-refractivity contribution in [3.05, 3.63) is 24.3 Å². The molecule has 0 aromatic carbocycles. The highest BCUT2D eigenvalue weighted by Gasteiger charge is 2.15. The third-order valence-corrected chi connectivity index (χ3v) is 8.28. The van der Waals surface area contributed by atoms with E-state index in [4.69, 9.17) is 15.2 Å². The number of ether oxygens (including phenoxy) is 2. The number of esters is 2. The van der Waals surface area contributed by atoms with Crippen molar-refractivity contribution in [3.63, 3.8) is 0 Å². The van der Waals surface area contributed by atoms with Gasteiger partial charge in [-0.15, -0.1) is 0 Å². The van der Waals surface area contributed by atoms with Crippen molar-refractivity contribution < 1.29 is 19.1 Å². The summed E-state index contributed by atoms with van der Waals surface area (Å²) < 4.78 is 10.8. The van der Waals surface area contributed by atoms with Gasteiger partial charge in [0.15, 0.2) is 0 Å². The molecule has 0 aliphatic carbocycles. The van der Waals surface area contributed by atoms with E-state index in [0.717, 1.165) is 51.4 Å². The fourth-order valence-corrected chi connectivity index (χ4v) is 5.33.